The minimum atomic E-state index is -0.312. The lowest BCUT2D eigenvalue weighted by molar-refractivity contribution is 0.343. The lowest BCUT2D eigenvalue weighted by Crippen LogP contribution is -2.41. The van der Waals surface area contributed by atoms with Crippen molar-refractivity contribution < 1.29 is 9.13 Å². The largest absolute Gasteiger partial charge is 0.495 e. The van der Waals surface area contributed by atoms with Gasteiger partial charge in [0.25, 0.3) is 0 Å². The van der Waals surface area contributed by atoms with Gasteiger partial charge in [-0.05, 0) is 50.4 Å². The monoisotopic (exact) mass is 341 g/mol. The zero-order chi connectivity index (χ0) is 17.4. The second-order valence-electron chi connectivity index (χ2n) is 7.11. The molecule has 0 unspecified atom stereocenters. The zero-order valence-corrected chi connectivity index (χ0v) is 14.9. The van der Waals surface area contributed by atoms with Crippen LogP contribution >= 0.6 is 0 Å². The van der Waals surface area contributed by atoms with Gasteiger partial charge in [0, 0.05) is 7.05 Å². The van der Waals surface area contributed by atoms with Crippen LogP contribution in [0, 0.1) is 17.7 Å². The second-order valence-corrected chi connectivity index (χ2v) is 7.11. The van der Waals surface area contributed by atoms with Crippen LogP contribution in [0.1, 0.15) is 43.2 Å². The average Bonchev–Trinajstić information content (AvgIpc) is 3.21. The molecule has 1 saturated carbocycles. The number of aliphatic imine (C=N–C) groups is 1. The smallest absolute Gasteiger partial charge is 0.166 e. The number of benzene rings is 1. The summed E-state index contributed by atoms with van der Waals surface area (Å²) in [5, 5.41) is 3.21. The maximum absolute atomic E-state index is 15.2. The first-order valence-corrected chi connectivity index (χ1v) is 9.06. The molecule has 1 spiro atoms. The maximum atomic E-state index is 15.2. The van der Waals surface area contributed by atoms with Crippen LogP contribution < -0.4 is 10.1 Å². The third-order valence-corrected chi connectivity index (χ3v) is 5.81. The number of nitrogens with one attached hydrogen (secondary N) is 1. The molecule has 0 radical (unpaired) electrons. The third kappa shape index (κ3) is 2.51. The predicted molar refractivity (Wildman–Crippen MR) is 98.0 cm³/mol. The molecule has 0 bridgehead atoms. The van der Waals surface area contributed by atoms with Crippen LogP contribution in [0.25, 0.3) is 0 Å². The molecular formula is C20H24FN3O. The van der Waals surface area contributed by atoms with Crippen LogP contribution in [0.4, 0.5) is 10.1 Å². The molecule has 5 heteroatoms. The number of anilines is 1. The normalized spacial score (nSPS) is 22.3. The summed E-state index contributed by atoms with van der Waals surface area (Å²) in [5.41, 5.74) is 1.70. The number of rotatable bonds is 2. The van der Waals surface area contributed by atoms with Crippen molar-refractivity contribution in [2.24, 2.45) is 4.99 Å². The third-order valence-electron chi connectivity index (χ3n) is 5.81. The summed E-state index contributed by atoms with van der Waals surface area (Å²) in [6, 6.07) is 1.96. The van der Waals surface area contributed by atoms with E-state index in [-0.39, 0.29) is 11.2 Å². The molecule has 1 aromatic carbocycles. The summed E-state index contributed by atoms with van der Waals surface area (Å²) in [4.78, 5) is 6.67. The highest BCUT2D eigenvalue weighted by Gasteiger charge is 2.50. The van der Waals surface area contributed by atoms with E-state index in [4.69, 9.17) is 4.74 Å². The molecule has 2 fully saturated rings. The average molecular weight is 341 g/mol. The van der Waals surface area contributed by atoms with Gasteiger partial charge in [-0.2, -0.15) is 0 Å². The Bertz CT molecular complexity index is 780. The Morgan fingerprint density at radius 1 is 1.32 bits per heavy atom. The summed E-state index contributed by atoms with van der Waals surface area (Å²) in [6.07, 6.45) is 5.60. The Balaban J connectivity index is 1.71. The second kappa shape index (κ2) is 6.34. The van der Waals surface area contributed by atoms with Crippen molar-refractivity contribution in [3.05, 3.63) is 23.0 Å². The van der Waals surface area contributed by atoms with Crippen LogP contribution in [0.3, 0.4) is 0 Å². The molecule has 1 aliphatic carbocycles. The lowest BCUT2D eigenvalue weighted by atomic mass is 9.65. The molecule has 4 nitrogen and oxygen atoms in total. The maximum Gasteiger partial charge on any atom is 0.166 e. The van der Waals surface area contributed by atoms with Gasteiger partial charge < -0.3 is 10.1 Å². The van der Waals surface area contributed by atoms with E-state index in [9.17, 15) is 0 Å². The van der Waals surface area contributed by atoms with Gasteiger partial charge in [0.2, 0.25) is 0 Å². The fraction of sp³-hybridized carbons (Fsp3) is 0.550. The van der Waals surface area contributed by atoms with Gasteiger partial charge in [-0.3, -0.25) is 9.89 Å². The quantitative estimate of drug-likeness (QED) is 0.840. The number of fused-ring (bicyclic) bond motifs is 2. The highest BCUT2D eigenvalue weighted by molar-refractivity contribution is 6.10. The molecule has 2 aliphatic heterocycles. The molecule has 0 amide bonds. The highest BCUT2D eigenvalue weighted by Crippen LogP contribution is 2.53. The molecule has 1 N–H and O–H groups in total. The first-order chi connectivity index (χ1) is 12.2. The Hall–Kier alpha value is -2.06. The van der Waals surface area contributed by atoms with E-state index in [0.717, 1.165) is 43.8 Å². The Labute approximate surface area is 148 Å². The van der Waals surface area contributed by atoms with Crippen LogP contribution in [0.15, 0.2) is 11.1 Å². The fourth-order valence-corrected chi connectivity index (χ4v) is 4.26. The Kier molecular flexibility index (Phi) is 4.16. The van der Waals surface area contributed by atoms with Crippen molar-refractivity contribution in [1.29, 1.82) is 0 Å². The van der Waals surface area contributed by atoms with Crippen LogP contribution in [0.5, 0.6) is 5.75 Å². The summed E-state index contributed by atoms with van der Waals surface area (Å²) in [5.74, 6) is 7.22. The topological polar surface area (TPSA) is 36.9 Å². The van der Waals surface area contributed by atoms with Gasteiger partial charge in [-0.15, -0.1) is 0 Å². The van der Waals surface area contributed by atoms with Gasteiger partial charge in [-0.25, -0.2) is 4.39 Å². The molecular weight excluding hydrogens is 317 g/mol. The number of methoxy groups -OCH3 is 1. The number of amidine groups is 1. The summed E-state index contributed by atoms with van der Waals surface area (Å²) < 4.78 is 20.7. The van der Waals surface area contributed by atoms with Crippen molar-refractivity contribution in [3.63, 3.8) is 0 Å². The van der Waals surface area contributed by atoms with Gasteiger partial charge in [0.1, 0.15) is 17.1 Å². The van der Waals surface area contributed by atoms with E-state index >= 15 is 4.39 Å². The minimum Gasteiger partial charge on any atom is -0.495 e. The number of hydrogen-bond acceptors (Lipinski definition) is 3. The van der Waals surface area contributed by atoms with Gasteiger partial charge in [0.05, 0.1) is 24.8 Å². The fourth-order valence-electron chi connectivity index (χ4n) is 4.26. The van der Waals surface area contributed by atoms with Crippen molar-refractivity contribution in [2.45, 2.75) is 37.5 Å². The first kappa shape index (κ1) is 16.4. The molecule has 4 rings (SSSR count). The number of ether oxygens (including phenoxy) is 1. The van der Waals surface area contributed by atoms with Crippen molar-refractivity contribution in [1.82, 2.24) is 4.90 Å². The molecule has 1 aromatic rings. The van der Waals surface area contributed by atoms with Crippen LogP contribution in [0.2, 0.25) is 0 Å². The SMILES string of the molecule is CN=C1Nc2c(cc(OC)c(C#CCN3CCCC3)c2F)C12CCC2. The lowest BCUT2D eigenvalue weighted by Gasteiger charge is -2.38. The van der Waals surface area contributed by atoms with E-state index < -0.39 is 0 Å². The Morgan fingerprint density at radius 2 is 2.08 bits per heavy atom. The molecule has 0 aromatic heterocycles. The zero-order valence-electron chi connectivity index (χ0n) is 14.9. The number of nitrogens with zero attached hydrogens (tertiary/aromatic N) is 2. The number of hydrogen-bond donors (Lipinski definition) is 1. The van der Waals surface area contributed by atoms with Gasteiger partial charge in [-0.1, -0.05) is 18.3 Å². The summed E-state index contributed by atoms with van der Waals surface area (Å²) in [7, 11) is 3.34. The van der Waals surface area contributed by atoms with Crippen molar-refractivity contribution >= 4 is 11.5 Å². The van der Waals surface area contributed by atoms with Crippen molar-refractivity contribution in [3.8, 4) is 17.6 Å². The molecule has 1 saturated heterocycles. The van der Waals surface area contributed by atoms with E-state index in [1.54, 1.807) is 14.2 Å². The van der Waals surface area contributed by atoms with Gasteiger partial charge >= 0.3 is 0 Å². The Morgan fingerprint density at radius 3 is 2.68 bits per heavy atom. The van der Waals surface area contributed by atoms with Crippen LogP contribution in [-0.4, -0.2) is 44.5 Å². The predicted octanol–water partition coefficient (Wildman–Crippen LogP) is 3.16. The summed E-state index contributed by atoms with van der Waals surface area (Å²) in [6.45, 7) is 2.84. The molecule has 132 valence electrons. The molecule has 0 atom stereocenters. The van der Waals surface area contributed by atoms with E-state index in [1.807, 2.05) is 6.07 Å². The van der Waals surface area contributed by atoms with Crippen LogP contribution in [-0.2, 0) is 5.41 Å². The molecule has 25 heavy (non-hydrogen) atoms. The van der Waals surface area contributed by atoms with E-state index in [2.05, 4.69) is 27.0 Å². The molecule has 3 aliphatic rings. The van der Waals surface area contributed by atoms with E-state index in [1.165, 1.54) is 12.8 Å². The summed E-state index contributed by atoms with van der Waals surface area (Å²) >= 11 is 0. The highest BCUT2D eigenvalue weighted by atomic mass is 19.1. The first-order valence-electron chi connectivity index (χ1n) is 9.06. The number of likely N-dealkylation sites (tertiary alicyclic amines) is 1. The van der Waals surface area contributed by atoms with E-state index in [0.29, 0.717) is 23.5 Å². The van der Waals surface area contributed by atoms with Gasteiger partial charge in [0.15, 0.2) is 5.82 Å². The standard InChI is InChI=1S/C20H24FN3O/c1-22-19-20(8-6-9-20)15-13-16(25-2)14(17(21)18(15)23-19)7-5-12-24-10-3-4-11-24/h13H,3-4,6,8-12H2,1-2H3,(H,22,23). The minimum absolute atomic E-state index is 0.153. The molecule has 2 heterocycles. The van der Waals surface area contributed by atoms with Crippen molar-refractivity contribution in [2.75, 3.05) is 39.1 Å². The number of halogens is 1.